The van der Waals surface area contributed by atoms with E-state index in [1.807, 2.05) is 40.9 Å². The number of benzene rings is 2. The molecule has 1 amide bonds. The molecule has 0 radical (unpaired) electrons. The zero-order valence-electron chi connectivity index (χ0n) is 13.3. The van der Waals surface area contributed by atoms with Crippen LogP contribution in [0, 0.1) is 0 Å². The quantitative estimate of drug-likeness (QED) is 0.772. The van der Waals surface area contributed by atoms with E-state index in [0.717, 1.165) is 41.9 Å². The second-order valence-corrected chi connectivity index (χ2v) is 7.30. The van der Waals surface area contributed by atoms with Gasteiger partial charge in [0.2, 0.25) is 0 Å². The lowest BCUT2D eigenvalue weighted by molar-refractivity contribution is 0.0766. The van der Waals surface area contributed by atoms with Gasteiger partial charge in [-0.05, 0) is 30.2 Å². The highest BCUT2D eigenvalue weighted by molar-refractivity contribution is 7.99. The van der Waals surface area contributed by atoms with Crippen molar-refractivity contribution in [3.63, 3.8) is 0 Å². The fraction of sp³-hybridized carbons (Fsp3) is 0.263. The molecule has 1 saturated heterocycles. The standard InChI is InChI=1S/C19H19N3OS/c23-19(15-6-7-16-17(12-15)21-13-20-16)22-9-8-18(24-11-10-22)14-4-2-1-3-5-14/h1-7,12-13,18H,8-11H2,(H,20,21). The normalized spacial score (nSPS) is 18.5. The molecule has 5 heteroatoms. The Labute approximate surface area is 145 Å². The van der Waals surface area contributed by atoms with Crippen LogP contribution < -0.4 is 0 Å². The summed E-state index contributed by atoms with van der Waals surface area (Å²) in [5.41, 5.74) is 3.89. The Kier molecular flexibility index (Phi) is 4.26. The first-order valence-corrected chi connectivity index (χ1v) is 9.25. The molecular formula is C19H19N3OS. The van der Waals surface area contributed by atoms with Gasteiger partial charge in [-0.1, -0.05) is 30.3 Å². The van der Waals surface area contributed by atoms with Gasteiger partial charge in [-0.15, -0.1) is 0 Å². The first-order chi connectivity index (χ1) is 11.8. The molecule has 4 nitrogen and oxygen atoms in total. The maximum Gasteiger partial charge on any atom is 0.253 e. The van der Waals surface area contributed by atoms with Crippen molar-refractivity contribution in [2.24, 2.45) is 0 Å². The van der Waals surface area contributed by atoms with E-state index in [-0.39, 0.29) is 5.91 Å². The average Bonchev–Trinajstić information content (AvgIpc) is 2.96. The topological polar surface area (TPSA) is 49.0 Å². The molecule has 1 aliphatic rings. The molecule has 1 unspecified atom stereocenters. The Bertz CT molecular complexity index is 846. The van der Waals surface area contributed by atoms with Crippen LogP contribution in [0.5, 0.6) is 0 Å². The zero-order chi connectivity index (χ0) is 16.4. The largest absolute Gasteiger partial charge is 0.345 e. The summed E-state index contributed by atoms with van der Waals surface area (Å²) >= 11 is 1.95. The number of carbonyl (C=O) groups excluding carboxylic acids is 1. The molecule has 1 aromatic heterocycles. The Morgan fingerprint density at radius 3 is 2.92 bits per heavy atom. The number of H-pyrrole nitrogens is 1. The van der Waals surface area contributed by atoms with Gasteiger partial charge in [-0.3, -0.25) is 4.79 Å². The minimum atomic E-state index is 0.112. The van der Waals surface area contributed by atoms with Crippen LogP contribution in [0.25, 0.3) is 11.0 Å². The van der Waals surface area contributed by atoms with Crippen molar-refractivity contribution >= 4 is 28.7 Å². The lowest BCUT2D eigenvalue weighted by Crippen LogP contribution is -2.32. The van der Waals surface area contributed by atoms with E-state index in [4.69, 9.17) is 0 Å². The fourth-order valence-corrected chi connectivity index (χ4v) is 4.39. The summed E-state index contributed by atoms with van der Waals surface area (Å²) in [6.07, 6.45) is 2.65. The smallest absolute Gasteiger partial charge is 0.253 e. The number of nitrogens with one attached hydrogen (secondary N) is 1. The molecule has 3 aromatic rings. The number of hydrogen-bond acceptors (Lipinski definition) is 3. The summed E-state index contributed by atoms with van der Waals surface area (Å²) in [5, 5.41) is 0.471. The summed E-state index contributed by atoms with van der Waals surface area (Å²) in [7, 11) is 0. The zero-order valence-corrected chi connectivity index (χ0v) is 14.1. The third kappa shape index (κ3) is 3.04. The van der Waals surface area contributed by atoms with E-state index in [2.05, 4.69) is 34.2 Å². The van der Waals surface area contributed by atoms with E-state index < -0.39 is 0 Å². The lowest BCUT2D eigenvalue weighted by atomic mass is 10.1. The minimum Gasteiger partial charge on any atom is -0.345 e. The van der Waals surface area contributed by atoms with Gasteiger partial charge in [0.15, 0.2) is 0 Å². The van der Waals surface area contributed by atoms with Crippen LogP contribution >= 0.6 is 11.8 Å². The van der Waals surface area contributed by atoms with Gasteiger partial charge < -0.3 is 9.88 Å². The maximum atomic E-state index is 12.8. The van der Waals surface area contributed by atoms with Crippen molar-refractivity contribution in [1.29, 1.82) is 0 Å². The number of aromatic nitrogens is 2. The number of nitrogens with zero attached hydrogens (tertiary/aromatic N) is 2. The summed E-state index contributed by atoms with van der Waals surface area (Å²) in [5.74, 6) is 1.08. The average molecular weight is 337 g/mol. The van der Waals surface area contributed by atoms with E-state index in [0.29, 0.717) is 5.25 Å². The van der Waals surface area contributed by atoms with Crippen LogP contribution in [0.3, 0.4) is 0 Å². The maximum absolute atomic E-state index is 12.8. The van der Waals surface area contributed by atoms with Crippen LogP contribution in [0.1, 0.15) is 27.6 Å². The van der Waals surface area contributed by atoms with Crippen molar-refractivity contribution in [1.82, 2.24) is 14.9 Å². The number of amides is 1. The van der Waals surface area contributed by atoms with Gasteiger partial charge in [0.25, 0.3) is 5.91 Å². The lowest BCUT2D eigenvalue weighted by Gasteiger charge is -2.20. The second kappa shape index (κ2) is 6.69. The SMILES string of the molecule is O=C(c1ccc2nc[nH]c2c1)N1CCSC(c2ccccc2)CC1. The molecule has 4 rings (SSSR count). The number of rotatable bonds is 2. The van der Waals surface area contributed by atoms with Gasteiger partial charge >= 0.3 is 0 Å². The third-order valence-electron chi connectivity index (χ3n) is 4.47. The molecule has 1 fully saturated rings. The Balaban J connectivity index is 1.49. The predicted octanol–water partition coefficient (Wildman–Crippen LogP) is 3.88. The summed E-state index contributed by atoms with van der Waals surface area (Å²) in [6.45, 7) is 1.60. The number of fused-ring (bicyclic) bond motifs is 1. The number of thioether (sulfide) groups is 1. The van der Waals surface area contributed by atoms with Crippen LogP contribution in [-0.4, -0.2) is 39.6 Å². The van der Waals surface area contributed by atoms with Gasteiger partial charge in [0.1, 0.15) is 0 Å². The van der Waals surface area contributed by atoms with Gasteiger partial charge in [-0.2, -0.15) is 11.8 Å². The second-order valence-electron chi connectivity index (χ2n) is 5.99. The van der Waals surface area contributed by atoms with E-state index in [9.17, 15) is 4.79 Å². The predicted molar refractivity (Wildman–Crippen MR) is 98.3 cm³/mol. The van der Waals surface area contributed by atoms with Crippen LogP contribution in [-0.2, 0) is 0 Å². The highest BCUT2D eigenvalue weighted by atomic mass is 32.2. The van der Waals surface area contributed by atoms with Crippen LogP contribution in [0.4, 0.5) is 0 Å². The van der Waals surface area contributed by atoms with Crippen molar-refractivity contribution in [2.45, 2.75) is 11.7 Å². The van der Waals surface area contributed by atoms with Crippen molar-refractivity contribution < 1.29 is 4.79 Å². The highest BCUT2D eigenvalue weighted by Gasteiger charge is 2.23. The van der Waals surface area contributed by atoms with Gasteiger partial charge in [0.05, 0.1) is 17.4 Å². The number of hydrogen-bond donors (Lipinski definition) is 1. The fourth-order valence-electron chi connectivity index (χ4n) is 3.16. The molecule has 1 aliphatic heterocycles. The molecular weight excluding hydrogens is 318 g/mol. The molecule has 0 bridgehead atoms. The van der Waals surface area contributed by atoms with Crippen molar-refractivity contribution in [3.8, 4) is 0 Å². The van der Waals surface area contributed by atoms with Gasteiger partial charge in [-0.25, -0.2) is 4.98 Å². The Morgan fingerprint density at radius 2 is 2.04 bits per heavy atom. The van der Waals surface area contributed by atoms with E-state index in [1.165, 1.54) is 5.56 Å². The van der Waals surface area contributed by atoms with Crippen molar-refractivity contribution in [3.05, 3.63) is 66.0 Å². The summed E-state index contributed by atoms with van der Waals surface area (Å²) in [6, 6.07) is 16.3. The molecule has 0 saturated carbocycles. The number of imidazole rings is 1. The molecule has 122 valence electrons. The Hall–Kier alpha value is -2.27. The van der Waals surface area contributed by atoms with E-state index in [1.54, 1.807) is 6.33 Å². The first kappa shape index (κ1) is 15.3. The number of carbonyl (C=O) groups is 1. The number of aromatic amines is 1. The molecule has 24 heavy (non-hydrogen) atoms. The molecule has 0 spiro atoms. The van der Waals surface area contributed by atoms with Gasteiger partial charge in [0, 0.05) is 29.7 Å². The molecule has 0 aliphatic carbocycles. The van der Waals surface area contributed by atoms with E-state index >= 15 is 0 Å². The highest BCUT2D eigenvalue weighted by Crippen LogP contribution is 2.34. The monoisotopic (exact) mass is 337 g/mol. The molecule has 2 heterocycles. The Morgan fingerprint density at radius 1 is 1.17 bits per heavy atom. The molecule has 1 N–H and O–H groups in total. The molecule has 1 atom stereocenters. The third-order valence-corrected chi connectivity index (χ3v) is 5.80. The summed E-state index contributed by atoms with van der Waals surface area (Å²) < 4.78 is 0. The van der Waals surface area contributed by atoms with Crippen molar-refractivity contribution in [2.75, 3.05) is 18.8 Å². The first-order valence-electron chi connectivity index (χ1n) is 8.20. The minimum absolute atomic E-state index is 0.112. The van der Waals surface area contributed by atoms with Crippen LogP contribution in [0.2, 0.25) is 0 Å². The van der Waals surface area contributed by atoms with Crippen LogP contribution in [0.15, 0.2) is 54.9 Å². The summed E-state index contributed by atoms with van der Waals surface area (Å²) in [4.78, 5) is 22.1. The molecule has 2 aromatic carbocycles.